The average Bonchev–Trinajstić information content (AvgIpc) is 2.47. The van der Waals surface area contributed by atoms with Crippen LogP contribution >= 0.6 is 0 Å². The minimum atomic E-state index is -0.337. The van der Waals surface area contributed by atoms with E-state index in [0.717, 1.165) is 31.9 Å². The number of ether oxygens (including phenoxy) is 1. The second-order valence-electron chi connectivity index (χ2n) is 6.41. The van der Waals surface area contributed by atoms with Crippen molar-refractivity contribution in [3.05, 3.63) is 12.4 Å². The van der Waals surface area contributed by atoms with E-state index in [2.05, 4.69) is 20.2 Å². The summed E-state index contributed by atoms with van der Waals surface area (Å²) in [6.45, 7) is 7.50. The highest BCUT2D eigenvalue weighted by molar-refractivity contribution is 5.81. The number of hydrogen-bond donors (Lipinski definition) is 1. The van der Waals surface area contributed by atoms with Crippen LogP contribution in [-0.4, -0.2) is 42.1 Å². The van der Waals surface area contributed by atoms with Crippen molar-refractivity contribution in [1.82, 2.24) is 15.3 Å². The SMILES string of the molecule is COc1cnc(N2CCC(NC(=O)C(C)(C)C)CC2)nc1. The topological polar surface area (TPSA) is 67.3 Å². The molecule has 1 aliphatic heterocycles. The van der Waals surface area contributed by atoms with Crippen molar-refractivity contribution in [2.75, 3.05) is 25.1 Å². The number of methoxy groups -OCH3 is 1. The Kier molecular flexibility index (Phi) is 4.65. The summed E-state index contributed by atoms with van der Waals surface area (Å²) in [7, 11) is 1.60. The van der Waals surface area contributed by atoms with Crippen molar-refractivity contribution < 1.29 is 9.53 Å². The number of nitrogens with zero attached hydrogens (tertiary/aromatic N) is 3. The summed E-state index contributed by atoms with van der Waals surface area (Å²) in [5.41, 5.74) is -0.337. The van der Waals surface area contributed by atoms with Crippen molar-refractivity contribution in [1.29, 1.82) is 0 Å². The number of carbonyl (C=O) groups excluding carboxylic acids is 1. The fourth-order valence-electron chi connectivity index (χ4n) is 2.20. The lowest BCUT2D eigenvalue weighted by atomic mass is 9.94. The minimum Gasteiger partial charge on any atom is -0.494 e. The van der Waals surface area contributed by atoms with Gasteiger partial charge in [0.25, 0.3) is 0 Å². The van der Waals surface area contributed by atoms with Gasteiger partial charge in [0, 0.05) is 24.5 Å². The van der Waals surface area contributed by atoms with Gasteiger partial charge in [0.2, 0.25) is 11.9 Å². The molecule has 0 unspecified atom stereocenters. The first kappa shape index (κ1) is 15.5. The molecule has 1 amide bonds. The van der Waals surface area contributed by atoms with Gasteiger partial charge in [0.15, 0.2) is 5.75 Å². The maximum Gasteiger partial charge on any atom is 0.225 e. The predicted molar refractivity (Wildman–Crippen MR) is 81.4 cm³/mol. The molecule has 0 aliphatic carbocycles. The predicted octanol–water partition coefficient (Wildman–Crippen LogP) is 1.62. The van der Waals surface area contributed by atoms with E-state index >= 15 is 0 Å². The molecule has 0 saturated carbocycles. The second kappa shape index (κ2) is 6.28. The van der Waals surface area contributed by atoms with Gasteiger partial charge in [-0.3, -0.25) is 4.79 Å². The Bertz CT molecular complexity index is 473. The van der Waals surface area contributed by atoms with E-state index in [4.69, 9.17) is 4.74 Å². The lowest BCUT2D eigenvalue weighted by Gasteiger charge is -2.33. The van der Waals surface area contributed by atoms with E-state index in [9.17, 15) is 4.79 Å². The van der Waals surface area contributed by atoms with E-state index in [1.165, 1.54) is 0 Å². The lowest BCUT2D eigenvalue weighted by Crippen LogP contribution is -2.48. The van der Waals surface area contributed by atoms with Gasteiger partial charge in [0.1, 0.15) is 0 Å². The van der Waals surface area contributed by atoms with E-state index in [1.54, 1.807) is 19.5 Å². The number of carbonyl (C=O) groups is 1. The van der Waals surface area contributed by atoms with Gasteiger partial charge < -0.3 is 15.0 Å². The Labute approximate surface area is 125 Å². The van der Waals surface area contributed by atoms with Crippen molar-refractivity contribution in [3.8, 4) is 5.75 Å². The molecule has 2 heterocycles. The molecule has 1 aliphatic rings. The molecule has 21 heavy (non-hydrogen) atoms. The van der Waals surface area contributed by atoms with E-state index in [-0.39, 0.29) is 17.4 Å². The largest absolute Gasteiger partial charge is 0.494 e. The van der Waals surface area contributed by atoms with Gasteiger partial charge in [-0.25, -0.2) is 9.97 Å². The molecule has 0 bridgehead atoms. The molecule has 1 fully saturated rings. The molecule has 6 heteroatoms. The zero-order valence-electron chi connectivity index (χ0n) is 13.2. The molecule has 0 aromatic carbocycles. The number of aromatic nitrogens is 2. The van der Waals surface area contributed by atoms with Gasteiger partial charge in [-0.15, -0.1) is 0 Å². The molecule has 6 nitrogen and oxygen atoms in total. The van der Waals surface area contributed by atoms with Gasteiger partial charge in [-0.1, -0.05) is 20.8 Å². The van der Waals surface area contributed by atoms with Crippen molar-refractivity contribution in [3.63, 3.8) is 0 Å². The van der Waals surface area contributed by atoms with Crippen LogP contribution < -0.4 is 15.0 Å². The molecule has 1 N–H and O–H groups in total. The maximum atomic E-state index is 12.0. The van der Waals surface area contributed by atoms with Crippen LogP contribution in [0.3, 0.4) is 0 Å². The molecule has 0 atom stereocenters. The van der Waals surface area contributed by atoms with Crippen molar-refractivity contribution in [2.45, 2.75) is 39.7 Å². The van der Waals surface area contributed by atoms with Crippen molar-refractivity contribution >= 4 is 11.9 Å². The number of rotatable bonds is 3. The van der Waals surface area contributed by atoms with Crippen LogP contribution in [0.1, 0.15) is 33.6 Å². The summed E-state index contributed by atoms with van der Waals surface area (Å²) >= 11 is 0. The first-order valence-corrected chi connectivity index (χ1v) is 7.32. The highest BCUT2D eigenvalue weighted by atomic mass is 16.5. The Morgan fingerprint density at radius 3 is 2.33 bits per heavy atom. The van der Waals surface area contributed by atoms with Gasteiger partial charge in [0.05, 0.1) is 19.5 Å². The molecule has 1 saturated heterocycles. The fourth-order valence-corrected chi connectivity index (χ4v) is 2.20. The standard InChI is InChI=1S/C15H24N4O2/c1-15(2,3)13(20)18-11-5-7-19(8-6-11)14-16-9-12(21-4)10-17-14/h9-11H,5-8H2,1-4H3,(H,18,20). The summed E-state index contributed by atoms with van der Waals surface area (Å²) in [4.78, 5) is 22.7. The lowest BCUT2D eigenvalue weighted by molar-refractivity contribution is -0.129. The van der Waals surface area contributed by atoms with Crippen LogP contribution in [0.2, 0.25) is 0 Å². The molecule has 1 aromatic rings. The zero-order valence-corrected chi connectivity index (χ0v) is 13.2. The van der Waals surface area contributed by atoms with Gasteiger partial charge >= 0.3 is 0 Å². The van der Waals surface area contributed by atoms with Crippen LogP contribution in [-0.2, 0) is 4.79 Å². The van der Waals surface area contributed by atoms with E-state index in [0.29, 0.717) is 5.75 Å². The molecule has 1 aromatic heterocycles. The fraction of sp³-hybridized carbons (Fsp3) is 0.667. The number of hydrogen-bond acceptors (Lipinski definition) is 5. The third-order valence-electron chi connectivity index (χ3n) is 3.64. The first-order chi connectivity index (χ1) is 9.90. The Balaban J connectivity index is 1.86. The second-order valence-corrected chi connectivity index (χ2v) is 6.41. The van der Waals surface area contributed by atoms with Crippen LogP contribution in [0, 0.1) is 5.41 Å². The Hall–Kier alpha value is -1.85. The van der Waals surface area contributed by atoms with Crippen LogP contribution in [0.25, 0.3) is 0 Å². The van der Waals surface area contributed by atoms with Gasteiger partial charge in [-0.2, -0.15) is 0 Å². The number of piperidine rings is 1. The Morgan fingerprint density at radius 1 is 1.29 bits per heavy atom. The number of nitrogens with one attached hydrogen (secondary N) is 1. The molecule has 2 rings (SSSR count). The number of anilines is 1. The van der Waals surface area contributed by atoms with Crippen LogP contribution in [0.5, 0.6) is 5.75 Å². The summed E-state index contributed by atoms with van der Waals surface area (Å²) in [6, 6.07) is 0.242. The summed E-state index contributed by atoms with van der Waals surface area (Å²) in [6.07, 6.45) is 5.18. The smallest absolute Gasteiger partial charge is 0.225 e. The molecule has 0 spiro atoms. The van der Waals surface area contributed by atoms with Crippen molar-refractivity contribution in [2.24, 2.45) is 5.41 Å². The highest BCUT2D eigenvalue weighted by Crippen LogP contribution is 2.19. The average molecular weight is 292 g/mol. The monoisotopic (exact) mass is 292 g/mol. The summed E-state index contributed by atoms with van der Waals surface area (Å²) < 4.78 is 5.06. The summed E-state index contributed by atoms with van der Waals surface area (Å²) in [5.74, 6) is 1.49. The normalized spacial score (nSPS) is 16.7. The molecular weight excluding hydrogens is 268 g/mol. The highest BCUT2D eigenvalue weighted by Gasteiger charge is 2.27. The molecule has 0 radical (unpaired) electrons. The summed E-state index contributed by atoms with van der Waals surface area (Å²) in [5, 5.41) is 3.12. The third kappa shape index (κ3) is 4.06. The number of amides is 1. The van der Waals surface area contributed by atoms with Crippen LogP contribution in [0.4, 0.5) is 5.95 Å². The third-order valence-corrected chi connectivity index (χ3v) is 3.64. The van der Waals surface area contributed by atoms with E-state index in [1.807, 2.05) is 20.8 Å². The van der Waals surface area contributed by atoms with E-state index < -0.39 is 0 Å². The minimum absolute atomic E-state index is 0.113. The quantitative estimate of drug-likeness (QED) is 0.917. The Morgan fingerprint density at radius 2 is 1.86 bits per heavy atom. The first-order valence-electron chi connectivity index (χ1n) is 7.32. The van der Waals surface area contributed by atoms with Crippen LogP contribution in [0.15, 0.2) is 12.4 Å². The maximum absolute atomic E-state index is 12.0. The molecule has 116 valence electrons. The van der Waals surface area contributed by atoms with Gasteiger partial charge in [-0.05, 0) is 12.8 Å². The molecular formula is C15H24N4O2. The zero-order chi connectivity index (χ0) is 15.5.